The molecule has 1 nitrogen and oxygen atoms in total. The second kappa shape index (κ2) is 9.64. The Bertz CT molecular complexity index is 1060. The van der Waals surface area contributed by atoms with Gasteiger partial charge in [-0.1, -0.05) is 117 Å². The highest BCUT2D eigenvalue weighted by Gasteiger charge is 2.33. The summed E-state index contributed by atoms with van der Waals surface area (Å²) in [5.41, 5.74) is 16.1. The van der Waals surface area contributed by atoms with Crippen LogP contribution in [0, 0.1) is 55.4 Å². The Labute approximate surface area is 206 Å². The molecule has 0 saturated carbocycles. The maximum atomic E-state index is 2.42. The minimum atomic E-state index is -1.37. The van der Waals surface area contributed by atoms with Crippen molar-refractivity contribution in [3.05, 3.63) is 117 Å². The highest BCUT2D eigenvalue weighted by Crippen LogP contribution is 2.17. The summed E-state index contributed by atoms with van der Waals surface area (Å²) in [7, 11) is 0. The molecule has 2 heteroatoms. The first-order chi connectivity index (χ1) is 15.6. The Morgan fingerprint density at radius 2 is 0.441 bits per heavy atom. The van der Waals surface area contributed by atoms with Crippen molar-refractivity contribution in [2.45, 2.75) is 55.4 Å². The fourth-order valence-electron chi connectivity index (χ4n) is 6.19. The predicted octanol–water partition coefficient (Wildman–Crippen LogP) is 5.91. The average molecular weight is 449 g/mol. The summed E-state index contributed by atoms with van der Waals surface area (Å²) in [6.07, 6.45) is -1.37. The van der Waals surface area contributed by atoms with Crippen LogP contribution in [0.3, 0.4) is 0 Å². The van der Waals surface area contributed by atoms with Crippen LogP contribution < -0.4 is 28.0 Å². The third-order valence-corrected chi connectivity index (χ3v) is 6.98. The maximum Gasteiger partial charge on any atom is 0.108 e. The molecule has 0 radical (unpaired) electrons. The summed E-state index contributed by atoms with van der Waals surface area (Å²) in [5.74, 6) is 0. The van der Waals surface area contributed by atoms with E-state index in [1.54, 1.807) is 0 Å². The quantitative estimate of drug-likeness (QED) is 0.376. The lowest BCUT2D eigenvalue weighted by Gasteiger charge is -2.46. The number of quaternary nitrogens is 1. The van der Waals surface area contributed by atoms with Crippen LogP contribution in [0.15, 0.2) is 72.8 Å². The topological polar surface area (TPSA) is 36.5 Å². The summed E-state index contributed by atoms with van der Waals surface area (Å²) in [5, 5.41) is 0. The Morgan fingerprint density at radius 3 is 0.588 bits per heavy atom. The molecule has 0 fully saturated rings. The van der Waals surface area contributed by atoms with E-state index >= 15 is 0 Å². The van der Waals surface area contributed by atoms with E-state index in [-0.39, 0.29) is 6.15 Å². The molecule has 0 aliphatic rings. The predicted molar refractivity (Wildman–Crippen MR) is 154 cm³/mol. The first-order valence-corrected chi connectivity index (χ1v) is 12.1. The molecule has 0 aliphatic carbocycles. The molecule has 0 amide bonds. The van der Waals surface area contributed by atoms with Gasteiger partial charge in [0.1, 0.15) is 6.15 Å². The van der Waals surface area contributed by atoms with Gasteiger partial charge in [-0.05, 0) is 55.4 Å². The zero-order chi connectivity index (χ0) is 23.9. The Balaban J connectivity index is 0.00000324. The molecule has 4 rings (SSSR count). The van der Waals surface area contributed by atoms with Crippen LogP contribution in [-0.4, -0.2) is 6.15 Å². The lowest BCUT2D eigenvalue weighted by molar-refractivity contribution is 1.37. The number of hydrogen-bond acceptors (Lipinski definition) is 0. The summed E-state index contributed by atoms with van der Waals surface area (Å²) in [4.78, 5) is 0. The van der Waals surface area contributed by atoms with Gasteiger partial charge < -0.3 is 6.15 Å². The van der Waals surface area contributed by atoms with Crippen molar-refractivity contribution in [1.82, 2.24) is 6.15 Å². The van der Waals surface area contributed by atoms with E-state index in [4.69, 9.17) is 0 Å². The minimum absolute atomic E-state index is 0. The smallest absolute Gasteiger partial charge is 0.108 e. The van der Waals surface area contributed by atoms with Gasteiger partial charge in [0.15, 0.2) is 0 Å². The molecule has 4 aromatic carbocycles. The monoisotopic (exact) mass is 449 g/mol. The standard InChI is InChI=1S/C32H36B.H3N/c1-21-9-22(2)14-29(13-21)33(30-15-23(3)10-24(4)16-30,31-17-25(5)11-26(6)18-31)32-19-27(7)12-28(8)20-32;/h9-20H,1-8H3;1H3/q-1;/p+1. The zero-order valence-electron chi connectivity index (χ0n) is 22.5. The summed E-state index contributed by atoms with van der Waals surface area (Å²) < 4.78 is 0. The van der Waals surface area contributed by atoms with Crippen molar-refractivity contribution in [2.75, 3.05) is 0 Å². The average Bonchev–Trinajstić information content (AvgIpc) is 2.65. The van der Waals surface area contributed by atoms with Gasteiger partial charge in [-0.15, -0.1) is 0 Å². The molecule has 0 aromatic heterocycles. The van der Waals surface area contributed by atoms with Crippen molar-refractivity contribution >= 4 is 28.0 Å². The maximum absolute atomic E-state index is 2.42. The van der Waals surface area contributed by atoms with Crippen molar-refractivity contribution in [3.63, 3.8) is 0 Å². The summed E-state index contributed by atoms with van der Waals surface area (Å²) >= 11 is 0. The van der Waals surface area contributed by atoms with Crippen LogP contribution in [0.5, 0.6) is 0 Å². The molecule has 4 aromatic rings. The minimum Gasteiger partial charge on any atom is -0.369 e. The molecular weight excluding hydrogens is 409 g/mol. The van der Waals surface area contributed by atoms with Gasteiger partial charge in [-0.25, -0.2) is 0 Å². The van der Waals surface area contributed by atoms with E-state index in [0.717, 1.165) is 0 Å². The van der Waals surface area contributed by atoms with Gasteiger partial charge >= 0.3 is 0 Å². The Morgan fingerprint density at radius 1 is 0.294 bits per heavy atom. The number of hydrogen-bond donors (Lipinski definition) is 1. The van der Waals surface area contributed by atoms with Crippen LogP contribution in [0.1, 0.15) is 44.5 Å². The first-order valence-electron chi connectivity index (χ1n) is 12.1. The zero-order valence-corrected chi connectivity index (χ0v) is 22.5. The largest absolute Gasteiger partial charge is 0.369 e. The Kier molecular flexibility index (Phi) is 7.24. The normalized spacial score (nSPS) is 11.3. The number of benzene rings is 4. The van der Waals surface area contributed by atoms with Crippen LogP contribution in [0.4, 0.5) is 0 Å². The van der Waals surface area contributed by atoms with Crippen LogP contribution in [0.2, 0.25) is 0 Å². The van der Waals surface area contributed by atoms with Gasteiger partial charge in [0.25, 0.3) is 0 Å². The molecule has 0 atom stereocenters. The molecule has 0 aliphatic heterocycles. The third-order valence-electron chi connectivity index (χ3n) is 6.98. The van der Waals surface area contributed by atoms with Gasteiger partial charge in [0, 0.05) is 0 Å². The van der Waals surface area contributed by atoms with Crippen molar-refractivity contribution < 1.29 is 0 Å². The Hall–Kier alpha value is -3.10. The highest BCUT2D eigenvalue weighted by molar-refractivity contribution is 7.20. The molecule has 0 saturated heterocycles. The summed E-state index contributed by atoms with van der Waals surface area (Å²) in [6.45, 7) is 17.8. The molecule has 0 spiro atoms. The summed E-state index contributed by atoms with van der Waals surface area (Å²) in [6, 6.07) is 28.5. The van der Waals surface area contributed by atoms with Gasteiger partial charge in [-0.2, -0.15) is 21.9 Å². The SMILES string of the molecule is Cc1cc(C)cc([B-](c2cc(C)cc(C)c2)(c2cc(C)cc(C)c2)c2cc(C)cc(C)c2)c1.[NH4+]. The molecule has 0 unspecified atom stereocenters. The lowest BCUT2D eigenvalue weighted by atomic mass is 9.12. The second-order valence-corrected chi connectivity index (χ2v) is 10.6. The highest BCUT2D eigenvalue weighted by atomic mass is 14.2. The molecular formula is C32H40BN. The van der Waals surface area contributed by atoms with Gasteiger partial charge in [0.2, 0.25) is 0 Å². The van der Waals surface area contributed by atoms with Crippen molar-refractivity contribution in [2.24, 2.45) is 0 Å². The first kappa shape index (κ1) is 25.5. The second-order valence-electron chi connectivity index (χ2n) is 10.6. The van der Waals surface area contributed by atoms with Crippen LogP contribution in [-0.2, 0) is 0 Å². The van der Waals surface area contributed by atoms with Crippen molar-refractivity contribution in [1.29, 1.82) is 0 Å². The fourth-order valence-corrected chi connectivity index (χ4v) is 6.19. The van der Waals surface area contributed by atoms with Crippen LogP contribution in [0.25, 0.3) is 0 Å². The molecule has 176 valence electrons. The number of rotatable bonds is 4. The van der Waals surface area contributed by atoms with Crippen LogP contribution >= 0.6 is 0 Å². The molecule has 34 heavy (non-hydrogen) atoms. The van der Waals surface area contributed by atoms with E-state index in [9.17, 15) is 0 Å². The van der Waals surface area contributed by atoms with Crippen molar-refractivity contribution in [3.8, 4) is 0 Å². The fraction of sp³-hybridized carbons (Fsp3) is 0.250. The lowest BCUT2D eigenvalue weighted by Crippen LogP contribution is -2.75. The third kappa shape index (κ3) is 4.74. The van der Waals surface area contributed by atoms with Gasteiger partial charge in [0.05, 0.1) is 0 Å². The molecule has 0 bridgehead atoms. The molecule has 4 N–H and O–H groups in total. The molecule has 0 heterocycles. The van der Waals surface area contributed by atoms with E-state index in [1.165, 1.54) is 66.4 Å². The van der Waals surface area contributed by atoms with Gasteiger partial charge in [-0.3, -0.25) is 0 Å². The number of aryl methyl sites for hydroxylation is 8. The van der Waals surface area contributed by atoms with E-state index < -0.39 is 6.15 Å². The van der Waals surface area contributed by atoms with E-state index in [1.807, 2.05) is 0 Å². The van der Waals surface area contributed by atoms with E-state index in [2.05, 4.69) is 128 Å². The van der Waals surface area contributed by atoms with E-state index in [0.29, 0.717) is 0 Å².